The van der Waals surface area contributed by atoms with Crippen molar-refractivity contribution in [2.24, 2.45) is 0 Å². The SMILES string of the molecule is CCCCCCCC(=O)O.Nc1c(Cl)cccc1Cl. The maximum atomic E-state index is 10.0. The number of nitrogen functional groups attached to an aromatic ring is 1. The average Bonchev–Trinajstić information content (AvgIpc) is 2.36. The zero-order valence-corrected chi connectivity index (χ0v) is 12.7. The van der Waals surface area contributed by atoms with Crippen molar-refractivity contribution in [2.45, 2.75) is 45.4 Å². The highest BCUT2D eigenvalue weighted by molar-refractivity contribution is 6.38. The molecule has 1 aromatic carbocycles. The van der Waals surface area contributed by atoms with E-state index in [2.05, 4.69) is 6.92 Å². The number of para-hydroxylation sites is 1. The molecule has 1 rings (SSSR count). The van der Waals surface area contributed by atoms with E-state index < -0.39 is 5.97 Å². The molecular formula is C14H21Cl2NO2. The molecule has 1 aromatic rings. The summed E-state index contributed by atoms with van der Waals surface area (Å²) in [6.07, 6.45) is 5.88. The van der Waals surface area contributed by atoms with Gasteiger partial charge in [0.05, 0.1) is 15.7 Å². The number of nitrogens with two attached hydrogens (primary N) is 1. The molecule has 0 amide bonds. The summed E-state index contributed by atoms with van der Waals surface area (Å²) in [7, 11) is 0. The van der Waals surface area contributed by atoms with Gasteiger partial charge in [-0.2, -0.15) is 0 Å². The molecule has 0 heterocycles. The van der Waals surface area contributed by atoms with E-state index in [0.717, 1.165) is 12.8 Å². The molecule has 0 aliphatic heterocycles. The molecule has 0 saturated carbocycles. The molecule has 0 atom stereocenters. The number of benzene rings is 1. The van der Waals surface area contributed by atoms with Gasteiger partial charge in [0.2, 0.25) is 0 Å². The Morgan fingerprint density at radius 2 is 1.68 bits per heavy atom. The molecule has 108 valence electrons. The molecule has 0 aliphatic rings. The standard InChI is InChI=1S/C8H16O2.C6H5Cl2N/c1-2-3-4-5-6-7-8(9)10;7-4-2-1-3-5(8)6(4)9/h2-7H2,1H3,(H,9,10);1-3H,9H2. The molecule has 3 N–H and O–H groups in total. The molecule has 0 fully saturated rings. The fraction of sp³-hybridized carbons (Fsp3) is 0.500. The largest absolute Gasteiger partial charge is 0.481 e. The summed E-state index contributed by atoms with van der Waals surface area (Å²) in [6, 6.07) is 5.15. The zero-order valence-electron chi connectivity index (χ0n) is 11.2. The number of carboxylic acid groups (broad SMARTS) is 1. The Morgan fingerprint density at radius 1 is 1.16 bits per heavy atom. The van der Waals surface area contributed by atoms with Gasteiger partial charge in [-0.25, -0.2) is 0 Å². The molecule has 0 bridgehead atoms. The van der Waals surface area contributed by atoms with Crippen molar-refractivity contribution in [3.8, 4) is 0 Å². The first-order valence-corrected chi connectivity index (χ1v) is 7.15. The molecule has 0 saturated heterocycles. The second-order valence-electron chi connectivity index (χ2n) is 4.19. The van der Waals surface area contributed by atoms with Gasteiger partial charge in [0.15, 0.2) is 0 Å². The fourth-order valence-electron chi connectivity index (χ4n) is 1.39. The number of halogens is 2. The first kappa shape index (κ1) is 18.1. The number of rotatable bonds is 6. The van der Waals surface area contributed by atoms with E-state index in [-0.39, 0.29) is 0 Å². The third-order valence-electron chi connectivity index (χ3n) is 2.49. The summed E-state index contributed by atoms with van der Waals surface area (Å²) in [5, 5.41) is 9.27. The van der Waals surface area contributed by atoms with Crippen LogP contribution in [0.3, 0.4) is 0 Å². The first-order valence-electron chi connectivity index (χ1n) is 6.40. The van der Waals surface area contributed by atoms with Crippen molar-refractivity contribution < 1.29 is 9.90 Å². The van der Waals surface area contributed by atoms with Crippen LogP contribution in [0, 0.1) is 0 Å². The predicted octanol–water partition coefficient (Wildman–Crippen LogP) is 5.01. The fourth-order valence-corrected chi connectivity index (χ4v) is 1.79. The monoisotopic (exact) mass is 305 g/mol. The maximum absolute atomic E-state index is 10.0. The highest BCUT2D eigenvalue weighted by atomic mass is 35.5. The van der Waals surface area contributed by atoms with Crippen LogP contribution in [0.25, 0.3) is 0 Å². The number of aliphatic carboxylic acids is 1. The Bertz CT molecular complexity index is 363. The quantitative estimate of drug-likeness (QED) is 0.574. The summed E-state index contributed by atoms with van der Waals surface area (Å²) < 4.78 is 0. The van der Waals surface area contributed by atoms with Crippen LogP contribution >= 0.6 is 23.2 Å². The van der Waals surface area contributed by atoms with Gasteiger partial charge < -0.3 is 10.8 Å². The lowest BCUT2D eigenvalue weighted by Crippen LogP contribution is -1.93. The lowest BCUT2D eigenvalue weighted by molar-refractivity contribution is -0.137. The summed E-state index contributed by atoms with van der Waals surface area (Å²) in [6.45, 7) is 2.15. The molecule has 19 heavy (non-hydrogen) atoms. The number of hydrogen-bond acceptors (Lipinski definition) is 2. The van der Waals surface area contributed by atoms with Gasteiger partial charge in [0, 0.05) is 6.42 Å². The molecule has 0 spiro atoms. The number of carbonyl (C=O) groups is 1. The van der Waals surface area contributed by atoms with Crippen molar-refractivity contribution in [1.82, 2.24) is 0 Å². The van der Waals surface area contributed by atoms with Gasteiger partial charge in [0.25, 0.3) is 0 Å². The lowest BCUT2D eigenvalue weighted by atomic mass is 10.1. The number of anilines is 1. The topological polar surface area (TPSA) is 63.3 Å². The molecular weight excluding hydrogens is 285 g/mol. The third-order valence-corrected chi connectivity index (χ3v) is 3.15. The highest BCUT2D eigenvalue weighted by Gasteiger charge is 1.97. The van der Waals surface area contributed by atoms with E-state index in [1.165, 1.54) is 19.3 Å². The third kappa shape index (κ3) is 9.62. The molecule has 5 heteroatoms. The van der Waals surface area contributed by atoms with Crippen molar-refractivity contribution in [1.29, 1.82) is 0 Å². The van der Waals surface area contributed by atoms with Gasteiger partial charge >= 0.3 is 5.97 Å². The Morgan fingerprint density at radius 3 is 2.11 bits per heavy atom. The van der Waals surface area contributed by atoms with E-state index in [9.17, 15) is 4.79 Å². The summed E-state index contributed by atoms with van der Waals surface area (Å²) in [4.78, 5) is 10.0. The van der Waals surface area contributed by atoms with Gasteiger partial charge in [0.1, 0.15) is 0 Å². The van der Waals surface area contributed by atoms with E-state index in [4.69, 9.17) is 34.0 Å². The van der Waals surface area contributed by atoms with Crippen molar-refractivity contribution in [3.05, 3.63) is 28.2 Å². The van der Waals surface area contributed by atoms with Crippen molar-refractivity contribution >= 4 is 34.9 Å². The van der Waals surface area contributed by atoms with Crippen LogP contribution in [0.5, 0.6) is 0 Å². The second-order valence-corrected chi connectivity index (χ2v) is 5.01. The van der Waals surface area contributed by atoms with Gasteiger partial charge in [-0.3, -0.25) is 4.79 Å². The number of hydrogen-bond donors (Lipinski definition) is 2. The Kier molecular flexibility index (Phi) is 10.4. The summed E-state index contributed by atoms with van der Waals surface area (Å²) in [5.41, 5.74) is 5.86. The lowest BCUT2D eigenvalue weighted by Gasteiger charge is -1.96. The molecule has 3 nitrogen and oxygen atoms in total. The van der Waals surface area contributed by atoms with E-state index >= 15 is 0 Å². The van der Waals surface area contributed by atoms with Crippen LogP contribution in [-0.4, -0.2) is 11.1 Å². The summed E-state index contributed by atoms with van der Waals surface area (Å²) >= 11 is 11.2. The van der Waals surface area contributed by atoms with Gasteiger partial charge in [-0.05, 0) is 18.6 Å². The van der Waals surface area contributed by atoms with Crippen LogP contribution in [0.1, 0.15) is 45.4 Å². The Balaban J connectivity index is 0.000000342. The molecule has 0 radical (unpaired) electrons. The van der Waals surface area contributed by atoms with E-state index in [1.807, 2.05) is 0 Å². The minimum atomic E-state index is -0.670. The molecule has 0 unspecified atom stereocenters. The second kappa shape index (κ2) is 10.9. The van der Waals surface area contributed by atoms with Crippen molar-refractivity contribution in [3.63, 3.8) is 0 Å². The minimum Gasteiger partial charge on any atom is -0.481 e. The van der Waals surface area contributed by atoms with Crippen LogP contribution in [0.2, 0.25) is 10.0 Å². The highest BCUT2D eigenvalue weighted by Crippen LogP contribution is 2.25. The first-order chi connectivity index (χ1) is 8.99. The number of unbranched alkanes of at least 4 members (excludes halogenated alkanes) is 4. The van der Waals surface area contributed by atoms with Crippen LogP contribution in [-0.2, 0) is 4.79 Å². The Labute approximate surface area is 124 Å². The van der Waals surface area contributed by atoms with Crippen LogP contribution < -0.4 is 5.73 Å². The normalized spacial score (nSPS) is 9.63. The maximum Gasteiger partial charge on any atom is 0.303 e. The van der Waals surface area contributed by atoms with Crippen molar-refractivity contribution in [2.75, 3.05) is 5.73 Å². The molecule has 0 aromatic heterocycles. The predicted molar refractivity (Wildman–Crippen MR) is 81.9 cm³/mol. The molecule has 0 aliphatic carbocycles. The zero-order chi connectivity index (χ0) is 14.7. The van der Waals surface area contributed by atoms with Gasteiger partial charge in [-0.15, -0.1) is 0 Å². The Hall–Kier alpha value is -0.930. The summed E-state index contributed by atoms with van der Waals surface area (Å²) in [5.74, 6) is -0.670. The van der Waals surface area contributed by atoms with Crippen LogP contribution in [0.15, 0.2) is 18.2 Å². The average molecular weight is 306 g/mol. The minimum absolute atomic E-state index is 0.337. The number of carboxylic acids is 1. The van der Waals surface area contributed by atoms with E-state index in [0.29, 0.717) is 22.2 Å². The smallest absolute Gasteiger partial charge is 0.303 e. The van der Waals surface area contributed by atoms with E-state index in [1.54, 1.807) is 18.2 Å². The van der Waals surface area contributed by atoms with Gasteiger partial charge in [-0.1, -0.05) is 61.9 Å². The van der Waals surface area contributed by atoms with Crippen LogP contribution in [0.4, 0.5) is 5.69 Å².